The number of rotatable bonds is 3. The predicted octanol–water partition coefficient (Wildman–Crippen LogP) is 3.00. The van der Waals surface area contributed by atoms with Gasteiger partial charge in [0.15, 0.2) is 0 Å². The van der Waals surface area contributed by atoms with Crippen LogP contribution >= 0.6 is 11.3 Å². The number of nitrogens with zero attached hydrogens (tertiary/aromatic N) is 1. The Labute approximate surface area is 94.7 Å². The second-order valence-electron chi connectivity index (χ2n) is 4.64. The first-order chi connectivity index (χ1) is 7.15. The van der Waals surface area contributed by atoms with Crippen molar-refractivity contribution in [1.29, 1.82) is 0 Å². The largest absolute Gasteiger partial charge is 0.299 e. The summed E-state index contributed by atoms with van der Waals surface area (Å²) in [6.07, 6.45) is 3.94. The van der Waals surface area contributed by atoms with Crippen LogP contribution in [-0.4, -0.2) is 10.8 Å². The molecule has 82 valence electrons. The summed E-state index contributed by atoms with van der Waals surface area (Å²) in [5.74, 6) is 1.44. The molecule has 2 nitrogen and oxygen atoms in total. The summed E-state index contributed by atoms with van der Waals surface area (Å²) in [6, 6.07) is 0. The fourth-order valence-electron chi connectivity index (χ4n) is 2.28. The first-order valence-corrected chi connectivity index (χ1v) is 6.47. The smallest absolute Gasteiger partial charge is 0.142 e. The van der Waals surface area contributed by atoms with Gasteiger partial charge in [0.05, 0.1) is 6.42 Å². The van der Waals surface area contributed by atoms with E-state index in [-0.39, 0.29) is 0 Å². The van der Waals surface area contributed by atoms with Crippen molar-refractivity contribution in [2.45, 2.75) is 39.5 Å². The molecular formula is C12H17NOS. The normalized spacial score (nSPS) is 25.7. The SMILES string of the molecule is Cc1csc(CC(=O)C2CCC(C)C2)n1. The molecule has 0 radical (unpaired) electrons. The maximum Gasteiger partial charge on any atom is 0.142 e. The van der Waals surface area contributed by atoms with Gasteiger partial charge in [-0.3, -0.25) is 4.79 Å². The molecule has 1 saturated carbocycles. The topological polar surface area (TPSA) is 30.0 Å². The molecule has 0 saturated heterocycles. The van der Waals surface area contributed by atoms with Crippen LogP contribution in [-0.2, 0) is 11.2 Å². The monoisotopic (exact) mass is 223 g/mol. The van der Waals surface area contributed by atoms with E-state index in [4.69, 9.17) is 0 Å². The first-order valence-electron chi connectivity index (χ1n) is 5.59. The third-order valence-corrected chi connectivity index (χ3v) is 4.11. The van der Waals surface area contributed by atoms with Crippen LogP contribution in [0.3, 0.4) is 0 Å². The van der Waals surface area contributed by atoms with E-state index in [2.05, 4.69) is 11.9 Å². The van der Waals surface area contributed by atoms with Crippen LogP contribution in [0.4, 0.5) is 0 Å². The minimum Gasteiger partial charge on any atom is -0.299 e. The van der Waals surface area contributed by atoms with Crippen molar-refractivity contribution in [1.82, 2.24) is 4.98 Å². The van der Waals surface area contributed by atoms with Gasteiger partial charge in [0.2, 0.25) is 0 Å². The van der Waals surface area contributed by atoms with Crippen LogP contribution in [0.5, 0.6) is 0 Å². The lowest BCUT2D eigenvalue weighted by molar-refractivity contribution is -0.122. The highest BCUT2D eigenvalue weighted by Gasteiger charge is 2.27. The average molecular weight is 223 g/mol. The highest BCUT2D eigenvalue weighted by atomic mass is 32.1. The molecule has 2 unspecified atom stereocenters. The Morgan fingerprint density at radius 1 is 1.60 bits per heavy atom. The molecule has 1 aromatic rings. The lowest BCUT2D eigenvalue weighted by Gasteiger charge is -2.06. The summed E-state index contributed by atoms with van der Waals surface area (Å²) in [6.45, 7) is 4.21. The molecule has 1 heterocycles. The number of carbonyl (C=O) groups excluding carboxylic acids is 1. The Balaban J connectivity index is 1.92. The summed E-state index contributed by atoms with van der Waals surface area (Å²) >= 11 is 1.61. The molecule has 1 aliphatic rings. The molecule has 3 heteroatoms. The van der Waals surface area contributed by atoms with Crippen LogP contribution in [0.25, 0.3) is 0 Å². The van der Waals surface area contributed by atoms with Gasteiger partial charge in [-0.25, -0.2) is 4.98 Å². The zero-order valence-electron chi connectivity index (χ0n) is 9.32. The van der Waals surface area contributed by atoms with E-state index >= 15 is 0 Å². The minimum absolute atomic E-state index is 0.309. The molecule has 1 aromatic heterocycles. The van der Waals surface area contributed by atoms with Gasteiger partial charge >= 0.3 is 0 Å². The maximum absolute atomic E-state index is 11.9. The molecule has 2 atom stereocenters. The predicted molar refractivity (Wildman–Crippen MR) is 62.1 cm³/mol. The number of Topliss-reactive ketones (excluding diaryl/α,β-unsaturated/α-hetero) is 1. The Hall–Kier alpha value is -0.700. The number of hydrogen-bond donors (Lipinski definition) is 0. The van der Waals surface area contributed by atoms with E-state index in [9.17, 15) is 4.79 Å². The van der Waals surface area contributed by atoms with Gasteiger partial charge < -0.3 is 0 Å². The van der Waals surface area contributed by atoms with Gasteiger partial charge in [0.25, 0.3) is 0 Å². The van der Waals surface area contributed by atoms with Crippen LogP contribution in [0, 0.1) is 18.8 Å². The van der Waals surface area contributed by atoms with Crippen LogP contribution in [0.15, 0.2) is 5.38 Å². The molecule has 0 aromatic carbocycles. The lowest BCUT2D eigenvalue weighted by atomic mass is 9.99. The molecule has 0 bridgehead atoms. The van der Waals surface area contributed by atoms with Crippen LogP contribution in [0.1, 0.15) is 36.9 Å². The Kier molecular flexibility index (Phi) is 3.19. The third kappa shape index (κ3) is 2.65. The van der Waals surface area contributed by atoms with Gasteiger partial charge in [0.1, 0.15) is 10.8 Å². The number of ketones is 1. The average Bonchev–Trinajstić information content (AvgIpc) is 2.75. The third-order valence-electron chi connectivity index (χ3n) is 3.14. The fourth-order valence-corrected chi connectivity index (χ4v) is 3.06. The second-order valence-corrected chi connectivity index (χ2v) is 5.58. The van der Waals surface area contributed by atoms with Crippen LogP contribution < -0.4 is 0 Å². The van der Waals surface area contributed by atoms with E-state index in [1.807, 2.05) is 12.3 Å². The lowest BCUT2D eigenvalue weighted by Crippen LogP contribution is -2.13. The zero-order valence-corrected chi connectivity index (χ0v) is 10.1. The van der Waals surface area contributed by atoms with E-state index in [1.54, 1.807) is 11.3 Å². The Morgan fingerprint density at radius 2 is 2.40 bits per heavy atom. The van der Waals surface area contributed by atoms with Gasteiger partial charge in [-0.15, -0.1) is 11.3 Å². The summed E-state index contributed by atoms with van der Waals surface area (Å²) < 4.78 is 0. The van der Waals surface area contributed by atoms with E-state index < -0.39 is 0 Å². The first kappa shape index (κ1) is 10.8. The molecule has 0 aliphatic heterocycles. The molecule has 0 amide bonds. The van der Waals surface area contributed by atoms with Crippen molar-refractivity contribution < 1.29 is 4.79 Å². The molecule has 0 spiro atoms. The Morgan fingerprint density at radius 3 is 2.93 bits per heavy atom. The summed E-state index contributed by atoms with van der Waals surface area (Å²) in [7, 11) is 0. The van der Waals surface area contributed by atoms with Crippen LogP contribution in [0.2, 0.25) is 0 Å². The quantitative estimate of drug-likeness (QED) is 0.788. The van der Waals surface area contributed by atoms with Crippen molar-refractivity contribution in [2.24, 2.45) is 11.8 Å². The number of aromatic nitrogens is 1. The van der Waals surface area contributed by atoms with Gasteiger partial charge in [-0.2, -0.15) is 0 Å². The minimum atomic E-state index is 0.309. The van der Waals surface area contributed by atoms with E-state index in [0.29, 0.717) is 18.1 Å². The fraction of sp³-hybridized carbons (Fsp3) is 0.667. The molecular weight excluding hydrogens is 206 g/mol. The molecule has 15 heavy (non-hydrogen) atoms. The van der Waals surface area contributed by atoms with Gasteiger partial charge in [-0.05, 0) is 32.1 Å². The highest BCUT2D eigenvalue weighted by molar-refractivity contribution is 7.09. The number of aryl methyl sites for hydroxylation is 1. The van der Waals surface area contributed by atoms with Crippen molar-refractivity contribution in [2.75, 3.05) is 0 Å². The summed E-state index contributed by atoms with van der Waals surface area (Å²) in [5.41, 5.74) is 1.03. The van der Waals surface area contributed by atoms with Crippen molar-refractivity contribution >= 4 is 17.1 Å². The number of hydrogen-bond acceptors (Lipinski definition) is 3. The molecule has 1 fully saturated rings. The molecule has 1 aliphatic carbocycles. The van der Waals surface area contributed by atoms with Crippen molar-refractivity contribution in [3.63, 3.8) is 0 Å². The number of carbonyl (C=O) groups is 1. The molecule has 0 N–H and O–H groups in total. The van der Waals surface area contributed by atoms with E-state index in [0.717, 1.165) is 29.5 Å². The maximum atomic E-state index is 11.9. The highest BCUT2D eigenvalue weighted by Crippen LogP contribution is 2.31. The van der Waals surface area contributed by atoms with Gasteiger partial charge in [-0.1, -0.05) is 6.92 Å². The van der Waals surface area contributed by atoms with Crippen molar-refractivity contribution in [3.05, 3.63) is 16.1 Å². The Bertz CT molecular complexity index is 358. The second kappa shape index (κ2) is 4.44. The zero-order chi connectivity index (χ0) is 10.8. The number of thiazole rings is 1. The van der Waals surface area contributed by atoms with Gasteiger partial charge in [0, 0.05) is 17.0 Å². The van der Waals surface area contributed by atoms with E-state index in [1.165, 1.54) is 6.42 Å². The summed E-state index contributed by atoms with van der Waals surface area (Å²) in [5, 5.41) is 3.00. The summed E-state index contributed by atoms with van der Waals surface area (Å²) in [4.78, 5) is 16.3. The standard InChI is InChI=1S/C12H17NOS/c1-8-3-4-10(5-8)11(14)6-12-13-9(2)7-15-12/h7-8,10H,3-6H2,1-2H3. The van der Waals surface area contributed by atoms with Crippen molar-refractivity contribution in [3.8, 4) is 0 Å². The molecule has 2 rings (SSSR count).